The molecule has 6 nitrogen and oxygen atoms in total. The Bertz CT molecular complexity index is 829. The Morgan fingerprint density at radius 1 is 1.21 bits per heavy atom. The molecule has 156 valence electrons. The number of likely N-dealkylation sites (tertiary alicyclic amines) is 1. The van der Waals surface area contributed by atoms with Gasteiger partial charge in [0.05, 0.1) is 7.11 Å². The van der Waals surface area contributed by atoms with E-state index in [9.17, 15) is 5.11 Å². The van der Waals surface area contributed by atoms with E-state index in [2.05, 4.69) is 51.7 Å². The third-order valence-electron chi connectivity index (χ3n) is 5.37. The predicted molar refractivity (Wildman–Crippen MR) is 117 cm³/mol. The lowest BCUT2D eigenvalue weighted by Gasteiger charge is -2.33. The van der Waals surface area contributed by atoms with Crippen LogP contribution >= 0.6 is 0 Å². The first-order valence-electron chi connectivity index (χ1n) is 10.2. The highest BCUT2D eigenvalue weighted by Crippen LogP contribution is 2.22. The minimum Gasteiger partial charge on any atom is -0.508 e. The molecule has 0 bridgehead atoms. The largest absolute Gasteiger partial charge is 0.508 e. The summed E-state index contributed by atoms with van der Waals surface area (Å²) in [7, 11) is 3.39. The predicted octanol–water partition coefficient (Wildman–Crippen LogP) is 3.04. The maximum Gasteiger partial charge on any atom is 0.191 e. The Hall–Kier alpha value is -2.73. The molecule has 3 rings (SSSR count). The molecule has 0 radical (unpaired) electrons. The van der Waals surface area contributed by atoms with Crippen LogP contribution in [-0.2, 0) is 13.1 Å². The number of nitrogens with zero attached hydrogens (tertiary/aromatic N) is 2. The summed E-state index contributed by atoms with van der Waals surface area (Å²) in [6.45, 7) is 5.77. The van der Waals surface area contributed by atoms with Gasteiger partial charge in [-0.1, -0.05) is 29.8 Å². The van der Waals surface area contributed by atoms with Crippen molar-refractivity contribution >= 4 is 5.96 Å². The zero-order valence-corrected chi connectivity index (χ0v) is 17.6. The van der Waals surface area contributed by atoms with Gasteiger partial charge in [0.2, 0.25) is 0 Å². The molecular formula is C23H32N4O2. The molecule has 0 amide bonds. The summed E-state index contributed by atoms with van der Waals surface area (Å²) in [6, 6.07) is 14.4. The van der Waals surface area contributed by atoms with Crippen molar-refractivity contribution in [3.05, 3.63) is 59.2 Å². The van der Waals surface area contributed by atoms with E-state index < -0.39 is 0 Å². The van der Waals surface area contributed by atoms with Gasteiger partial charge in [0.25, 0.3) is 0 Å². The molecule has 3 N–H and O–H groups in total. The number of benzene rings is 2. The maximum absolute atomic E-state index is 10.0. The van der Waals surface area contributed by atoms with Gasteiger partial charge in [0.1, 0.15) is 11.5 Å². The highest BCUT2D eigenvalue weighted by atomic mass is 16.5. The fourth-order valence-corrected chi connectivity index (χ4v) is 3.70. The summed E-state index contributed by atoms with van der Waals surface area (Å²) in [4.78, 5) is 6.85. The third kappa shape index (κ3) is 6.12. The molecule has 1 fully saturated rings. The molecule has 1 aliphatic heterocycles. The Balaban J connectivity index is 1.46. The number of aromatic hydroxyl groups is 1. The number of phenols is 1. The average Bonchev–Trinajstić information content (AvgIpc) is 2.73. The number of hydrogen-bond donors (Lipinski definition) is 3. The van der Waals surface area contributed by atoms with Crippen LogP contribution in [-0.4, -0.2) is 49.3 Å². The van der Waals surface area contributed by atoms with Gasteiger partial charge in [-0.05, 0) is 43.5 Å². The number of rotatable bonds is 6. The highest BCUT2D eigenvalue weighted by Gasteiger charge is 2.20. The van der Waals surface area contributed by atoms with Gasteiger partial charge in [0, 0.05) is 44.8 Å². The summed E-state index contributed by atoms with van der Waals surface area (Å²) in [5.74, 6) is 1.73. The normalized spacial score (nSPS) is 15.9. The minimum atomic E-state index is 0.248. The van der Waals surface area contributed by atoms with Crippen LogP contribution < -0.4 is 15.4 Å². The number of piperidine rings is 1. The van der Waals surface area contributed by atoms with Crippen molar-refractivity contribution in [3.8, 4) is 11.5 Å². The lowest BCUT2D eigenvalue weighted by molar-refractivity contribution is 0.198. The van der Waals surface area contributed by atoms with Crippen LogP contribution in [0.15, 0.2) is 47.5 Å². The number of ether oxygens (including phenoxy) is 1. The van der Waals surface area contributed by atoms with E-state index in [4.69, 9.17) is 4.74 Å². The second-order valence-electron chi connectivity index (χ2n) is 7.60. The smallest absolute Gasteiger partial charge is 0.191 e. The third-order valence-corrected chi connectivity index (χ3v) is 5.37. The minimum absolute atomic E-state index is 0.248. The van der Waals surface area contributed by atoms with E-state index in [1.807, 2.05) is 6.07 Å². The van der Waals surface area contributed by atoms with Crippen LogP contribution in [0.25, 0.3) is 0 Å². The van der Waals surface area contributed by atoms with Crippen molar-refractivity contribution < 1.29 is 9.84 Å². The second-order valence-corrected chi connectivity index (χ2v) is 7.60. The first-order valence-corrected chi connectivity index (χ1v) is 10.2. The summed E-state index contributed by atoms with van der Waals surface area (Å²) in [6.07, 6.45) is 2.16. The van der Waals surface area contributed by atoms with Gasteiger partial charge in [-0.25, -0.2) is 0 Å². The quantitative estimate of drug-likeness (QED) is 0.517. The Morgan fingerprint density at radius 3 is 2.69 bits per heavy atom. The van der Waals surface area contributed by atoms with Gasteiger partial charge < -0.3 is 20.5 Å². The molecule has 0 aromatic heterocycles. The lowest BCUT2D eigenvalue weighted by atomic mass is 10.0. The van der Waals surface area contributed by atoms with Crippen LogP contribution in [0.1, 0.15) is 29.5 Å². The molecule has 0 atom stereocenters. The van der Waals surface area contributed by atoms with Crippen molar-refractivity contribution in [3.63, 3.8) is 0 Å². The summed E-state index contributed by atoms with van der Waals surface area (Å²) >= 11 is 0. The number of guanidine groups is 1. The molecule has 0 saturated carbocycles. The van der Waals surface area contributed by atoms with Crippen molar-refractivity contribution in [2.45, 2.75) is 38.9 Å². The van der Waals surface area contributed by atoms with Crippen LogP contribution in [0.3, 0.4) is 0 Å². The van der Waals surface area contributed by atoms with E-state index in [-0.39, 0.29) is 5.75 Å². The van der Waals surface area contributed by atoms with E-state index >= 15 is 0 Å². The van der Waals surface area contributed by atoms with Crippen molar-refractivity contribution in [1.82, 2.24) is 15.5 Å². The van der Waals surface area contributed by atoms with Crippen LogP contribution in [0, 0.1) is 6.92 Å². The lowest BCUT2D eigenvalue weighted by Crippen LogP contribution is -2.48. The number of hydrogen-bond acceptors (Lipinski definition) is 4. The number of aliphatic imine (C=N–C) groups is 1. The SMILES string of the molecule is CN=C(NCc1cc(OC)ccc1O)NC1CCN(Cc2cccc(C)c2)CC1. The topological polar surface area (TPSA) is 69.1 Å². The zero-order chi connectivity index (χ0) is 20.6. The highest BCUT2D eigenvalue weighted by molar-refractivity contribution is 5.80. The zero-order valence-electron chi connectivity index (χ0n) is 17.6. The van der Waals surface area contributed by atoms with Gasteiger partial charge in [-0.15, -0.1) is 0 Å². The van der Waals surface area contributed by atoms with E-state index in [0.717, 1.165) is 49.7 Å². The Labute approximate surface area is 173 Å². The summed E-state index contributed by atoms with van der Waals surface area (Å²) in [5, 5.41) is 16.9. The molecule has 2 aromatic carbocycles. The second kappa shape index (κ2) is 10.2. The monoisotopic (exact) mass is 396 g/mol. The molecule has 0 aliphatic carbocycles. The molecular weight excluding hydrogens is 364 g/mol. The van der Waals surface area contributed by atoms with Crippen molar-refractivity contribution in [2.24, 2.45) is 4.99 Å². The van der Waals surface area contributed by atoms with E-state index in [1.54, 1.807) is 26.3 Å². The molecule has 1 heterocycles. The van der Waals surface area contributed by atoms with Gasteiger partial charge in [-0.3, -0.25) is 9.89 Å². The summed E-state index contributed by atoms with van der Waals surface area (Å²) < 4.78 is 5.23. The Kier molecular flexibility index (Phi) is 7.36. The molecule has 1 aliphatic rings. The number of nitrogens with one attached hydrogen (secondary N) is 2. The number of methoxy groups -OCH3 is 1. The van der Waals surface area contributed by atoms with Gasteiger partial charge >= 0.3 is 0 Å². The first-order chi connectivity index (χ1) is 14.1. The van der Waals surface area contributed by atoms with Gasteiger partial charge in [-0.2, -0.15) is 0 Å². The first kappa shape index (κ1) is 21.0. The standard InChI is InChI=1S/C23H32N4O2/c1-17-5-4-6-18(13-17)16-27-11-9-20(10-12-27)26-23(24-2)25-15-19-14-21(29-3)7-8-22(19)28/h4-8,13-14,20,28H,9-12,15-16H2,1-3H3,(H2,24,25,26). The van der Waals surface area contributed by atoms with Crippen LogP contribution in [0.5, 0.6) is 11.5 Å². The molecule has 29 heavy (non-hydrogen) atoms. The average molecular weight is 397 g/mol. The molecule has 0 unspecified atom stereocenters. The van der Waals surface area contributed by atoms with Crippen LogP contribution in [0.4, 0.5) is 0 Å². The van der Waals surface area contributed by atoms with E-state index in [1.165, 1.54) is 11.1 Å². The fraction of sp³-hybridized carbons (Fsp3) is 0.435. The Morgan fingerprint density at radius 2 is 2.00 bits per heavy atom. The van der Waals surface area contributed by atoms with Crippen molar-refractivity contribution in [2.75, 3.05) is 27.2 Å². The molecule has 2 aromatic rings. The summed E-state index contributed by atoms with van der Waals surface area (Å²) in [5.41, 5.74) is 3.48. The van der Waals surface area contributed by atoms with Gasteiger partial charge in [0.15, 0.2) is 5.96 Å². The van der Waals surface area contributed by atoms with Crippen molar-refractivity contribution in [1.29, 1.82) is 0 Å². The van der Waals surface area contributed by atoms with E-state index in [0.29, 0.717) is 12.6 Å². The number of aryl methyl sites for hydroxylation is 1. The maximum atomic E-state index is 10.0. The number of phenolic OH excluding ortho intramolecular Hbond substituents is 1. The molecule has 6 heteroatoms. The molecule has 1 saturated heterocycles. The van der Waals surface area contributed by atoms with Crippen LogP contribution in [0.2, 0.25) is 0 Å². The molecule has 0 spiro atoms. The fourth-order valence-electron chi connectivity index (χ4n) is 3.70.